The molecule has 0 amide bonds. The van der Waals surface area contributed by atoms with Gasteiger partial charge in [0.05, 0.1) is 11.3 Å². The Labute approximate surface area is 179 Å². The van der Waals surface area contributed by atoms with E-state index in [1.54, 1.807) is 6.08 Å². The smallest absolute Gasteiger partial charge is 0.268 e. The SMILES string of the molecule is C=CCn1c(SCc2nc3ccsc3c(=O)[nH]2)nnc1[C@H]1COc2ccccc2O1. The monoisotopic (exact) mass is 439 g/mol. The molecule has 0 saturated heterocycles. The van der Waals surface area contributed by atoms with Gasteiger partial charge < -0.3 is 14.5 Å². The maximum Gasteiger partial charge on any atom is 0.268 e. The van der Waals surface area contributed by atoms with Crippen molar-refractivity contribution in [2.45, 2.75) is 23.6 Å². The zero-order valence-corrected chi connectivity index (χ0v) is 17.4. The third-order valence-corrected chi connectivity index (χ3v) is 6.44. The summed E-state index contributed by atoms with van der Waals surface area (Å²) in [6.07, 6.45) is 1.41. The van der Waals surface area contributed by atoms with Gasteiger partial charge in [0.15, 0.2) is 28.6 Å². The van der Waals surface area contributed by atoms with Gasteiger partial charge in [0.25, 0.3) is 5.56 Å². The minimum Gasteiger partial charge on any atom is -0.485 e. The van der Waals surface area contributed by atoms with Crippen molar-refractivity contribution in [3.63, 3.8) is 0 Å². The van der Waals surface area contributed by atoms with Gasteiger partial charge in [-0.3, -0.25) is 9.36 Å². The summed E-state index contributed by atoms with van der Waals surface area (Å²) < 4.78 is 14.5. The van der Waals surface area contributed by atoms with Crippen LogP contribution in [0.25, 0.3) is 10.2 Å². The largest absolute Gasteiger partial charge is 0.485 e. The van der Waals surface area contributed by atoms with Crippen LogP contribution >= 0.6 is 23.1 Å². The van der Waals surface area contributed by atoms with Crippen LogP contribution in [0.1, 0.15) is 17.8 Å². The van der Waals surface area contributed by atoms with Crippen LogP contribution in [0.15, 0.2) is 58.3 Å². The maximum atomic E-state index is 12.2. The summed E-state index contributed by atoms with van der Waals surface area (Å²) in [5.41, 5.74) is 0.587. The van der Waals surface area contributed by atoms with Crippen LogP contribution in [-0.2, 0) is 12.3 Å². The number of hydrogen-bond acceptors (Lipinski definition) is 8. The van der Waals surface area contributed by atoms with Gasteiger partial charge in [-0.2, -0.15) is 0 Å². The highest BCUT2D eigenvalue weighted by molar-refractivity contribution is 7.98. The van der Waals surface area contributed by atoms with Crippen molar-refractivity contribution in [2.24, 2.45) is 0 Å². The number of thiophene rings is 1. The number of H-pyrrole nitrogens is 1. The van der Waals surface area contributed by atoms with Crippen LogP contribution in [0.3, 0.4) is 0 Å². The summed E-state index contributed by atoms with van der Waals surface area (Å²) in [6.45, 7) is 4.72. The Balaban J connectivity index is 1.39. The molecule has 3 aromatic heterocycles. The first-order valence-corrected chi connectivity index (χ1v) is 11.1. The quantitative estimate of drug-likeness (QED) is 0.362. The van der Waals surface area contributed by atoms with Crippen LogP contribution in [0.4, 0.5) is 0 Å². The minimum absolute atomic E-state index is 0.120. The molecule has 0 radical (unpaired) electrons. The summed E-state index contributed by atoms with van der Waals surface area (Å²) in [6, 6.07) is 9.40. The third-order valence-electron chi connectivity index (χ3n) is 4.56. The van der Waals surface area contributed by atoms with Gasteiger partial charge >= 0.3 is 0 Å². The molecule has 0 saturated carbocycles. The standard InChI is InChI=1S/C20H17N5O3S2/c1-2-8-25-18(15-10-27-13-5-3-4-6-14(13)28-15)23-24-20(25)30-11-16-21-12-7-9-29-17(12)19(26)22-16/h2-7,9,15H,1,8,10-11H2,(H,21,22,26)/t15-/m1/s1. The Morgan fingerprint density at radius 3 is 3.03 bits per heavy atom. The zero-order valence-electron chi connectivity index (χ0n) is 15.8. The maximum absolute atomic E-state index is 12.2. The molecule has 1 aromatic carbocycles. The van der Waals surface area contributed by atoms with E-state index >= 15 is 0 Å². The van der Waals surface area contributed by atoms with E-state index in [-0.39, 0.29) is 11.7 Å². The van der Waals surface area contributed by atoms with Crippen molar-refractivity contribution in [3.8, 4) is 11.5 Å². The first-order chi connectivity index (χ1) is 14.7. The van der Waals surface area contributed by atoms with Crippen molar-refractivity contribution >= 4 is 33.3 Å². The Hall–Kier alpha value is -3.11. The van der Waals surface area contributed by atoms with Crippen molar-refractivity contribution < 1.29 is 9.47 Å². The van der Waals surface area contributed by atoms with Crippen molar-refractivity contribution in [3.05, 3.63) is 70.4 Å². The van der Waals surface area contributed by atoms with E-state index in [0.29, 0.717) is 51.7 Å². The van der Waals surface area contributed by atoms with E-state index in [9.17, 15) is 4.79 Å². The van der Waals surface area contributed by atoms with Crippen molar-refractivity contribution in [2.75, 3.05) is 6.61 Å². The second kappa shape index (κ2) is 7.96. The summed E-state index contributed by atoms with van der Waals surface area (Å²) >= 11 is 2.83. The molecule has 4 aromatic rings. The molecule has 0 unspecified atom stereocenters. The first-order valence-electron chi connectivity index (χ1n) is 9.24. The number of nitrogens with one attached hydrogen (secondary N) is 1. The topological polar surface area (TPSA) is 94.9 Å². The molecule has 30 heavy (non-hydrogen) atoms. The molecule has 1 aliphatic heterocycles. The Morgan fingerprint density at radius 2 is 2.17 bits per heavy atom. The Bertz CT molecular complexity index is 1280. The molecule has 1 N–H and O–H groups in total. The molecule has 0 spiro atoms. The molecule has 10 heteroatoms. The fourth-order valence-corrected chi connectivity index (χ4v) is 4.77. The summed E-state index contributed by atoms with van der Waals surface area (Å²) in [4.78, 5) is 19.5. The van der Waals surface area contributed by atoms with Gasteiger partial charge in [-0.15, -0.1) is 28.1 Å². The predicted octanol–water partition coefficient (Wildman–Crippen LogP) is 3.57. The number of thioether (sulfide) groups is 1. The zero-order chi connectivity index (χ0) is 20.5. The normalized spacial score (nSPS) is 15.4. The molecule has 0 fully saturated rings. The van der Waals surface area contributed by atoms with Crippen LogP contribution < -0.4 is 15.0 Å². The van der Waals surface area contributed by atoms with Crippen molar-refractivity contribution in [1.82, 2.24) is 24.7 Å². The molecule has 0 aliphatic carbocycles. The molecule has 8 nitrogen and oxygen atoms in total. The first kappa shape index (κ1) is 18.9. The number of hydrogen-bond donors (Lipinski definition) is 1. The number of allylic oxidation sites excluding steroid dienone is 1. The van der Waals surface area contributed by atoms with E-state index in [1.807, 2.05) is 40.3 Å². The van der Waals surface area contributed by atoms with Crippen molar-refractivity contribution in [1.29, 1.82) is 0 Å². The van der Waals surface area contributed by atoms with Gasteiger partial charge in [0, 0.05) is 6.54 Å². The van der Waals surface area contributed by atoms with E-state index in [2.05, 4.69) is 26.7 Å². The second-order valence-electron chi connectivity index (χ2n) is 6.54. The number of para-hydroxylation sites is 2. The minimum atomic E-state index is -0.373. The number of aromatic amines is 1. The fraction of sp³-hybridized carbons (Fsp3) is 0.200. The lowest BCUT2D eigenvalue weighted by Crippen LogP contribution is -2.25. The molecule has 1 atom stereocenters. The molecule has 0 bridgehead atoms. The predicted molar refractivity (Wildman–Crippen MR) is 115 cm³/mol. The highest BCUT2D eigenvalue weighted by Gasteiger charge is 2.28. The summed E-state index contributed by atoms with van der Waals surface area (Å²) in [5, 5.41) is 11.2. The average molecular weight is 440 g/mol. The second-order valence-corrected chi connectivity index (χ2v) is 8.40. The van der Waals surface area contributed by atoms with Crippen LogP contribution in [0.2, 0.25) is 0 Å². The Morgan fingerprint density at radius 1 is 1.30 bits per heavy atom. The van der Waals surface area contributed by atoms with Crippen LogP contribution in [0.5, 0.6) is 11.5 Å². The number of fused-ring (bicyclic) bond motifs is 2. The molecule has 5 rings (SSSR count). The van der Waals surface area contributed by atoms with E-state index in [1.165, 1.54) is 23.1 Å². The van der Waals surface area contributed by atoms with Gasteiger partial charge in [-0.05, 0) is 23.6 Å². The lowest BCUT2D eigenvalue weighted by Gasteiger charge is -2.26. The molecule has 1 aliphatic rings. The number of benzene rings is 1. The average Bonchev–Trinajstić information content (AvgIpc) is 3.40. The van der Waals surface area contributed by atoms with E-state index in [4.69, 9.17) is 9.47 Å². The lowest BCUT2D eigenvalue weighted by atomic mass is 10.2. The van der Waals surface area contributed by atoms with Gasteiger partial charge in [-0.1, -0.05) is 30.0 Å². The lowest BCUT2D eigenvalue weighted by molar-refractivity contribution is 0.0821. The highest BCUT2D eigenvalue weighted by atomic mass is 32.2. The number of aromatic nitrogens is 5. The molecule has 152 valence electrons. The Kier molecular flexibility index (Phi) is 5.01. The molecular formula is C20H17N5O3S2. The fourth-order valence-electron chi connectivity index (χ4n) is 3.22. The number of nitrogens with zero attached hydrogens (tertiary/aromatic N) is 4. The molecule has 4 heterocycles. The molecular weight excluding hydrogens is 422 g/mol. The summed E-state index contributed by atoms with van der Waals surface area (Å²) in [5.74, 6) is 3.12. The van der Waals surface area contributed by atoms with Crippen LogP contribution in [-0.4, -0.2) is 31.3 Å². The summed E-state index contributed by atoms with van der Waals surface area (Å²) in [7, 11) is 0. The number of rotatable bonds is 6. The number of ether oxygens (including phenoxy) is 2. The van der Waals surface area contributed by atoms with Gasteiger partial charge in [-0.25, -0.2) is 4.98 Å². The van der Waals surface area contributed by atoms with Crippen LogP contribution in [0, 0.1) is 0 Å². The third kappa shape index (κ3) is 3.48. The van der Waals surface area contributed by atoms with E-state index in [0.717, 1.165) is 5.75 Å². The van der Waals surface area contributed by atoms with E-state index < -0.39 is 0 Å². The highest BCUT2D eigenvalue weighted by Crippen LogP contribution is 2.36. The van der Waals surface area contributed by atoms with Gasteiger partial charge in [0.1, 0.15) is 17.1 Å². The van der Waals surface area contributed by atoms with Gasteiger partial charge in [0.2, 0.25) is 0 Å².